The molecule has 0 fully saturated rings. The van der Waals surface area contributed by atoms with Gasteiger partial charge in [0.05, 0.1) is 17.1 Å². The Morgan fingerprint density at radius 3 is 2.80 bits per heavy atom. The molecule has 10 heavy (non-hydrogen) atoms. The van der Waals surface area contributed by atoms with Gasteiger partial charge in [-0.25, -0.2) is 0 Å². The van der Waals surface area contributed by atoms with Gasteiger partial charge in [0, 0.05) is 0 Å². The third-order valence-corrected chi connectivity index (χ3v) is 2.18. The quantitative estimate of drug-likeness (QED) is 0.667. The Morgan fingerprint density at radius 2 is 2.50 bits per heavy atom. The minimum atomic E-state index is -0.862. The third kappa shape index (κ3) is 4.21. The topological polar surface area (TPSA) is 61.1 Å². The fraction of sp³-hybridized carbons (Fsp3) is 0.667. The number of carbonyl (C=O) groups is 1. The number of carboxylic acids is 1. The summed E-state index contributed by atoms with van der Waals surface area (Å²) in [6.07, 6.45) is 0.703. The van der Waals surface area contributed by atoms with Crippen LogP contribution < -0.4 is 0 Å². The Kier molecular flexibility index (Phi) is 4.77. The van der Waals surface area contributed by atoms with E-state index in [1.54, 1.807) is 0 Å². The maximum Gasteiger partial charge on any atom is 0.313 e. The molecular formula is C6H9NO2S. The van der Waals surface area contributed by atoms with Crippen LogP contribution in [-0.4, -0.2) is 22.1 Å². The van der Waals surface area contributed by atoms with Gasteiger partial charge in [-0.05, 0) is 6.42 Å². The Morgan fingerprint density at radius 1 is 1.90 bits per heavy atom. The van der Waals surface area contributed by atoms with E-state index in [4.69, 9.17) is 10.4 Å². The molecular weight excluding hydrogens is 150 g/mol. The van der Waals surface area contributed by atoms with E-state index in [0.29, 0.717) is 6.42 Å². The molecule has 0 aliphatic heterocycles. The molecule has 0 heterocycles. The number of hydrogen-bond donors (Lipinski definition) is 1. The molecule has 0 aromatic heterocycles. The number of nitrogens with zero attached hydrogens (tertiary/aromatic N) is 1. The third-order valence-electron chi connectivity index (χ3n) is 0.923. The first kappa shape index (κ1) is 9.31. The van der Waals surface area contributed by atoms with Crippen molar-refractivity contribution in [3.63, 3.8) is 0 Å². The second-order valence-corrected chi connectivity index (χ2v) is 2.92. The van der Waals surface area contributed by atoms with Crippen LogP contribution in [0.1, 0.15) is 13.3 Å². The van der Waals surface area contributed by atoms with E-state index in [1.165, 1.54) is 11.8 Å². The van der Waals surface area contributed by atoms with Crippen LogP contribution in [0.5, 0.6) is 0 Å². The molecule has 1 unspecified atom stereocenters. The highest BCUT2D eigenvalue weighted by Crippen LogP contribution is 2.12. The van der Waals surface area contributed by atoms with Gasteiger partial charge in [-0.15, -0.1) is 11.8 Å². The molecule has 4 heteroatoms. The molecule has 0 saturated carbocycles. The predicted octanol–water partition coefficient (Wildman–Crippen LogP) is 1.11. The first-order valence-corrected chi connectivity index (χ1v) is 3.98. The number of nitriles is 1. The van der Waals surface area contributed by atoms with E-state index in [2.05, 4.69) is 0 Å². The van der Waals surface area contributed by atoms with E-state index in [0.717, 1.165) is 0 Å². The summed E-state index contributed by atoms with van der Waals surface area (Å²) in [4.78, 5) is 10.0. The molecule has 1 N–H and O–H groups in total. The zero-order chi connectivity index (χ0) is 7.98. The Labute approximate surface area is 64.0 Å². The van der Waals surface area contributed by atoms with Crippen LogP contribution in [0.3, 0.4) is 0 Å². The van der Waals surface area contributed by atoms with Gasteiger partial charge in [0.1, 0.15) is 0 Å². The van der Waals surface area contributed by atoms with Crippen LogP contribution in [0.25, 0.3) is 0 Å². The summed E-state index contributed by atoms with van der Waals surface area (Å²) in [7, 11) is 0. The Hall–Kier alpha value is -0.690. The van der Waals surface area contributed by atoms with Gasteiger partial charge in [0.25, 0.3) is 0 Å². The maximum absolute atomic E-state index is 10.0. The minimum absolute atomic E-state index is 0.0199. The van der Waals surface area contributed by atoms with Crippen molar-refractivity contribution >= 4 is 17.7 Å². The predicted molar refractivity (Wildman–Crippen MR) is 39.8 cm³/mol. The zero-order valence-corrected chi connectivity index (χ0v) is 6.52. The number of hydrogen-bond acceptors (Lipinski definition) is 3. The molecule has 0 aliphatic rings. The summed E-state index contributed by atoms with van der Waals surface area (Å²) in [5.41, 5.74) is 0. The molecule has 0 rings (SSSR count). The molecule has 0 saturated heterocycles. The smallest absolute Gasteiger partial charge is 0.313 e. The molecule has 0 radical (unpaired) electrons. The molecule has 0 spiro atoms. The van der Waals surface area contributed by atoms with Gasteiger partial charge in [-0.1, -0.05) is 6.92 Å². The largest absolute Gasteiger partial charge is 0.481 e. The number of thioether (sulfide) groups is 1. The highest BCUT2D eigenvalue weighted by Gasteiger charge is 2.06. The van der Waals surface area contributed by atoms with Crippen molar-refractivity contribution in [1.29, 1.82) is 5.26 Å². The summed E-state index contributed by atoms with van der Waals surface area (Å²) >= 11 is 1.17. The highest BCUT2D eigenvalue weighted by molar-refractivity contribution is 8.00. The summed E-state index contributed by atoms with van der Waals surface area (Å²) in [5.74, 6) is -0.842. The monoisotopic (exact) mass is 159 g/mol. The van der Waals surface area contributed by atoms with Crippen LogP contribution in [0.15, 0.2) is 0 Å². The fourth-order valence-corrected chi connectivity index (χ4v) is 1.07. The van der Waals surface area contributed by atoms with Gasteiger partial charge >= 0.3 is 5.97 Å². The number of rotatable bonds is 4. The molecule has 0 aromatic carbocycles. The second-order valence-electron chi connectivity index (χ2n) is 1.73. The van der Waals surface area contributed by atoms with E-state index in [9.17, 15) is 4.79 Å². The normalized spacial score (nSPS) is 12.0. The summed E-state index contributed by atoms with van der Waals surface area (Å²) < 4.78 is 0. The van der Waals surface area contributed by atoms with Crippen molar-refractivity contribution in [2.75, 3.05) is 5.75 Å². The molecule has 0 aromatic rings. The molecule has 3 nitrogen and oxygen atoms in total. The number of aliphatic carboxylic acids is 1. The second kappa shape index (κ2) is 5.12. The van der Waals surface area contributed by atoms with E-state index >= 15 is 0 Å². The molecule has 1 atom stereocenters. The van der Waals surface area contributed by atoms with Crippen molar-refractivity contribution < 1.29 is 9.90 Å². The molecule has 0 bridgehead atoms. The lowest BCUT2D eigenvalue weighted by Crippen LogP contribution is -2.04. The molecule has 56 valence electrons. The van der Waals surface area contributed by atoms with Crippen molar-refractivity contribution in [1.82, 2.24) is 0 Å². The van der Waals surface area contributed by atoms with E-state index in [-0.39, 0.29) is 11.0 Å². The Bertz CT molecular complexity index is 152. The lowest BCUT2D eigenvalue weighted by atomic mass is 10.4. The molecule has 0 aliphatic carbocycles. The van der Waals surface area contributed by atoms with Gasteiger partial charge in [0.2, 0.25) is 0 Å². The average molecular weight is 159 g/mol. The van der Waals surface area contributed by atoms with Crippen LogP contribution in [0, 0.1) is 11.3 Å². The van der Waals surface area contributed by atoms with Crippen LogP contribution >= 0.6 is 11.8 Å². The maximum atomic E-state index is 10.0. The van der Waals surface area contributed by atoms with Crippen LogP contribution in [-0.2, 0) is 4.79 Å². The lowest BCUT2D eigenvalue weighted by molar-refractivity contribution is -0.133. The summed E-state index contributed by atoms with van der Waals surface area (Å²) in [5, 5.41) is 16.4. The van der Waals surface area contributed by atoms with Crippen molar-refractivity contribution in [3.8, 4) is 6.07 Å². The van der Waals surface area contributed by atoms with Crippen molar-refractivity contribution in [2.24, 2.45) is 0 Å². The van der Waals surface area contributed by atoms with Crippen LogP contribution in [0.2, 0.25) is 0 Å². The molecule has 0 amide bonds. The summed E-state index contributed by atoms with van der Waals surface area (Å²) in [6.45, 7) is 1.86. The fourth-order valence-electron chi connectivity index (χ4n) is 0.418. The van der Waals surface area contributed by atoms with Crippen molar-refractivity contribution in [3.05, 3.63) is 0 Å². The Balaban J connectivity index is 3.47. The summed E-state index contributed by atoms with van der Waals surface area (Å²) in [6, 6.07) is 2.01. The van der Waals surface area contributed by atoms with E-state index < -0.39 is 5.97 Å². The lowest BCUT2D eigenvalue weighted by Gasteiger charge is -2.00. The number of carboxylic acid groups (broad SMARTS) is 1. The first-order valence-electron chi connectivity index (χ1n) is 2.93. The van der Waals surface area contributed by atoms with Crippen LogP contribution in [0.4, 0.5) is 0 Å². The SMILES string of the molecule is CCC(C#N)SCC(=O)O. The standard InChI is InChI=1S/C6H9NO2S/c1-2-5(3-7)10-4-6(8)9/h5H,2,4H2,1H3,(H,8,9). The van der Waals surface area contributed by atoms with Gasteiger partial charge < -0.3 is 5.11 Å². The van der Waals surface area contributed by atoms with Gasteiger partial charge in [-0.2, -0.15) is 5.26 Å². The minimum Gasteiger partial charge on any atom is -0.481 e. The first-order chi connectivity index (χ1) is 4.70. The average Bonchev–Trinajstić information content (AvgIpc) is 1.90. The van der Waals surface area contributed by atoms with Gasteiger partial charge in [-0.3, -0.25) is 4.79 Å². The van der Waals surface area contributed by atoms with Gasteiger partial charge in [0.15, 0.2) is 0 Å². The van der Waals surface area contributed by atoms with E-state index in [1.807, 2.05) is 13.0 Å². The zero-order valence-electron chi connectivity index (χ0n) is 5.70. The highest BCUT2D eigenvalue weighted by atomic mass is 32.2. The van der Waals surface area contributed by atoms with Crippen molar-refractivity contribution in [2.45, 2.75) is 18.6 Å².